The third kappa shape index (κ3) is 2.40. The molecule has 2 rings (SSSR count). The van der Waals surface area contributed by atoms with Crippen LogP contribution in [0.4, 0.5) is 4.39 Å². The van der Waals surface area contributed by atoms with Crippen LogP contribution < -0.4 is 5.32 Å². The molecule has 88 valence electrons. The Kier molecular flexibility index (Phi) is 3.88. The lowest BCUT2D eigenvalue weighted by molar-refractivity contribution is 0.108. The van der Waals surface area contributed by atoms with E-state index in [0.717, 1.165) is 26.2 Å². The average Bonchev–Trinajstić information content (AvgIpc) is 2.34. The van der Waals surface area contributed by atoms with Crippen LogP contribution in [0.3, 0.4) is 0 Å². The average molecular weight is 224 g/mol. The van der Waals surface area contributed by atoms with Gasteiger partial charge in [-0.05, 0) is 6.07 Å². The maximum atomic E-state index is 13.6. The van der Waals surface area contributed by atoms with E-state index in [0.29, 0.717) is 5.56 Å². The first-order chi connectivity index (χ1) is 7.83. The van der Waals surface area contributed by atoms with Crippen molar-refractivity contribution in [1.82, 2.24) is 10.2 Å². The zero-order chi connectivity index (χ0) is 11.4. The van der Waals surface area contributed by atoms with Crippen molar-refractivity contribution in [3.8, 4) is 0 Å². The van der Waals surface area contributed by atoms with Crippen molar-refractivity contribution in [3.05, 3.63) is 35.6 Å². The third-order valence-electron chi connectivity index (χ3n) is 3.03. The largest absolute Gasteiger partial charge is 0.394 e. The van der Waals surface area contributed by atoms with Gasteiger partial charge in [-0.2, -0.15) is 0 Å². The molecule has 1 aliphatic heterocycles. The molecule has 4 heteroatoms. The van der Waals surface area contributed by atoms with Crippen molar-refractivity contribution in [2.45, 2.75) is 6.04 Å². The topological polar surface area (TPSA) is 35.5 Å². The minimum atomic E-state index is -0.236. The van der Waals surface area contributed by atoms with Crippen LogP contribution in [0.25, 0.3) is 0 Å². The summed E-state index contributed by atoms with van der Waals surface area (Å²) in [5, 5.41) is 12.7. The van der Waals surface area contributed by atoms with Gasteiger partial charge in [0.05, 0.1) is 12.6 Å². The molecule has 1 aromatic carbocycles. The van der Waals surface area contributed by atoms with Crippen LogP contribution in [0.2, 0.25) is 0 Å². The molecule has 1 atom stereocenters. The number of hydrogen-bond donors (Lipinski definition) is 2. The van der Waals surface area contributed by atoms with Crippen LogP contribution in [0, 0.1) is 5.82 Å². The van der Waals surface area contributed by atoms with Crippen LogP contribution in [-0.4, -0.2) is 42.8 Å². The van der Waals surface area contributed by atoms with Gasteiger partial charge in [0.1, 0.15) is 5.82 Å². The fourth-order valence-electron chi connectivity index (χ4n) is 2.15. The van der Waals surface area contributed by atoms with Crippen LogP contribution >= 0.6 is 0 Å². The molecule has 0 aromatic heterocycles. The van der Waals surface area contributed by atoms with E-state index in [-0.39, 0.29) is 18.5 Å². The summed E-state index contributed by atoms with van der Waals surface area (Å²) >= 11 is 0. The second kappa shape index (κ2) is 5.39. The summed E-state index contributed by atoms with van der Waals surface area (Å²) in [7, 11) is 0. The Morgan fingerprint density at radius 1 is 1.31 bits per heavy atom. The first-order valence-corrected chi connectivity index (χ1v) is 5.63. The van der Waals surface area contributed by atoms with Gasteiger partial charge < -0.3 is 10.4 Å². The molecule has 1 heterocycles. The number of rotatable bonds is 3. The normalized spacial score (nSPS) is 19.6. The summed E-state index contributed by atoms with van der Waals surface area (Å²) in [5.41, 5.74) is 0.590. The Bertz CT molecular complexity index is 340. The van der Waals surface area contributed by atoms with E-state index in [4.69, 9.17) is 0 Å². The Balaban J connectivity index is 2.18. The molecule has 0 unspecified atom stereocenters. The standard InChI is InChI=1S/C12H17FN2O/c13-11-4-2-1-3-10(11)12(9-16)15-7-5-14-6-8-15/h1-4,12,14,16H,5-9H2/t12-/m0/s1. The number of benzene rings is 1. The Morgan fingerprint density at radius 3 is 2.62 bits per heavy atom. The summed E-state index contributed by atoms with van der Waals surface area (Å²) in [4.78, 5) is 2.12. The second-order valence-electron chi connectivity index (χ2n) is 4.01. The molecule has 0 radical (unpaired) electrons. The highest BCUT2D eigenvalue weighted by Crippen LogP contribution is 2.22. The summed E-state index contributed by atoms with van der Waals surface area (Å²) in [6.07, 6.45) is 0. The van der Waals surface area contributed by atoms with Crippen LogP contribution in [0.1, 0.15) is 11.6 Å². The minimum absolute atomic E-state index is 0.0407. The number of hydrogen-bond acceptors (Lipinski definition) is 3. The number of aliphatic hydroxyl groups excluding tert-OH is 1. The first kappa shape index (κ1) is 11.5. The summed E-state index contributed by atoms with van der Waals surface area (Å²) in [5.74, 6) is -0.236. The van der Waals surface area contributed by atoms with Crippen molar-refractivity contribution < 1.29 is 9.50 Å². The molecular weight excluding hydrogens is 207 g/mol. The van der Waals surface area contributed by atoms with Gasteiger partial charge in [-0.25, -0.2) is 4.39 Å². The first-order valence-electron chi connectivity index (χ1n) is 5.63. The molecule has 1 aromatic rings. The maximum absolute atomic E-state index is 13.6. The van der Waals surface area contributed by atoms with E-state index in [1.54, 1.807) is 12.1 Å². The summed E-state index contributed by atoms with van der Waals surface area (Å²) in [6, 6.07) is 6.45. The van der Waals surface area contributed by atoms with E-state index in [2.05, 4.69) is 10.2 Å². The van der Waals surface area contributed by atoms with Gasteiger partial charge in [0, 0.05) is 31.7 Å². The highest BCUT2D eigenvalue weighted by atomic mass is 19.1. The monoisotopic (exact) mass is 224 g/mol. The lowest BCUT2D eigenvalue weighted by Gasteiger charge is -2.34. The van der Waals surface area contributed by atoms with Gasteiger partial charge in [0.25, 0.3) is 0 Å². The lowest BCUT2D eigenvalue weighted by Crippen LogP contribution is -2.46. The Hall–Kier alpha value is -0.970. The fraction of sp³-hybridized carbons (Fsp3) is 0.500. The molecule has 0 saturated carbocycles. The minimum Gasteiger partial charge on any atom is -0.394 e. The number of nitrogens with one attached hydrogen (secondary N) is 1. The molecule has 1 fully saturated rings. The van der Waals surface area contributed by atoms with Gasteiger partial charge in [0.2, 0.25) is 0 Å². The summed E-state index contributed by atoms with van der Waals surface area (Å²) in [6.45, 7) is 3.44. The molecule has 3 nitrogen and oxygen atoms in total. The maximum Gasteiger partial charge on any atom is 0.128 e. The molecule has 0 amide bonds. The van der Waals surface area contributed by atoms with Crippen molar-refractivity contribution in [2.24, 2.45) is 0 Å². The van der Waals surface area contributed by atoms with E-state index in [1.165, 1.54) is 6.07 Å². The van der Waals surface area contributed by atoms with Gasteiger partial charge in [-0.15, -0.1) is 0 Å². The zero-order valence-corrected chi connectivity index (χ0v) is 9.19. The van der Waals surface area contributed by atoms with Crippen molar-refractivity contribution in [3.63, 3.8) is 0 Å². The van der Waals surface area contributed by atoms with Crippen LogP contribution in [-0.2, 0) is 0 Å². The third-order valence-corrected chi connectivity index (χ3v) is 3.03. The van der Waals surface area contributed by atoms with Crippen molar-refractivity contribution >= 4 is 0 Å². The number of halogens is 1. The molecule has 1 saturated heterocycles. The van der Waals surface area contributed by atoms with E-state index in [1.807, 2.05) is 6.07 Å². The smallest absolute Gasteiger partial charge is 0.128 e. The lowest BCUT2D eigenvalue weighted by atomic mass is 10.0. The Labute approximate surface area is 94.9 Å². The Morgan fingerprint density at radius 2 is 2.00 bits per heavy atom. The number of aliphatic hydroxyl groups is 1. The van der Waals surface area contributed by atoms with Crippen LogP contribution in [0.5, 0.6) is 0 Å². The highest BCUT2D eigenvalue weighted by Gasteiger charge is 2.23. The van der Waals surface area contributed by atoms with Gasteiger partial charge >= 0.3 is 0 Å². The quantitative estimate of drug-likeness (QED) is 0.796. The summed E-state index contributed by atoms with van der Waals surface area (Å²) < 4.78 is 13.6. The molecule has 0 spiro atoms. The van der Waals surface area contributed by atoms with Gasteiger partial charge in [0.15, 0.2) is 0 Å². The predicted molar refractivity (Wildman–Crippen MR) is 60.7 cm³/mol. The fourth-order valence-corrected chi connectivity index (χ4v) is 2.15. The van der Waals surface area contributed by atoms with Crippen molar-refractivity contribution in [1.29, 1.82) is 0 Å². The van der Waals surface area contributed by atoms with E-state index < -0.39 is 0 Å². The predicted octanol–water partition coefficient (Wildman–Crippen LogP) is 0.764. The van der Waals surface area contributed by atoms with Crippen molar-refractivity contribution in [2.75, 3.05) is 32.8 Å². The molecule has 0 bridgehead atoms. The molecule has 2 N–H and O–H groups in total. The van der Waals surface area contributed by atoms with E-state index in [9.17, 15) is 9.50 Å². The zero-order valence-electron chi connectivity index (χ0n) is 9.19. The van der Waals surface area contributed by atoms with Gasteiger partial charge in [-0.3, -0.25) is 4.90 Å². The molecule has 16 heavy (non-hydrogen) atoms. The number of piperazine rings is 1. The SMILES string of the molecule is OC[C@@H](c1ccccc1F)N1CCNCC1. The molecule has 1 aliphatic rings. The molecule has 0 aliphatic carbocycles. The second-order valence-corrected chi connectivity index (χ2v) is 4.01. The van der Waals surface area contributed by atoms with Gasteiger partial charge in [-0.1, -0.05) is 18.2 Å². The van der Waals surface area contributed by atoms with Crippen LogP contribution in [0.15, 0.2) is 24.3 Å². The molecular formula is C12H17FN2O. The highest BCUT2D eigenvalue weighted by molar-refractivity contribution is 5.21. The van der Waals surface area contributed by atoms with E-state index >= 15 is 0 Å². The number of nitrogens with zero attached hydrogens (tertiary/aromatic N) is 1.